The maximum atomic E-state index is 12.9. The van der Waals surface area contributed by atoms with Crippen LogP contribution in [0.4, 0.5) is 24.5 Å². The molecule has 0 N–H and O–H groups in total. The molecule has 0 aliphatic rings. The smallest absolute Gasteiger partial charge is 0.234 e. The van der Waals surface area contributed by atoms with Crippen molar-refractivity contribution in [2.75, 3.05) is 0 Å². The first-order chi connectivity index (χ1) is 14.5. The molecular weight excluding hydrogens is 389 g/mol. The van der Waals surface area contributed by atoms with E-state index in [4.69, 9.17) is 0 Å². The van der Waals surface area contributed by atoms with Crippen molar-refractivity contribution in [3.8, 4) is 22.6 Å². The van der Waals surface area contributed by atoms with Gasteiger partial charge in [-0.2, -0.15) is 18.3 Å². The minimum absolute atomic E-state index is 0.0935. The lowest BCUT2D eigenvalue weighted by Gasteiger charge is -2.08. The Morgan fingerprint density at radius 2 is 1.37 bits per heavy atom. The van der Waals surface area contributed by atoms with Crippen LogP contribution in [-0.4, -0.2) is 9.97 Å². The second-order valence-corrected chi connectivity index (χ2v) is 6.41. The SMILES string of the molecule is FC(F)(F)c1cccc(N=Nc2cnc(-c3ccccc3)nc2-c2ccccc2)c1. The molecule has 148 valence electrons. The molecule has 4 aromatic rings. The monoisotopic (exact) mass is 404 g/mol. The van der Waals surface area contributed by atoms with E-state index in [9.17, 15) is 13.2 Å². The molecule has 7 heteroatoms. The van der Waals surface area contributed by atoms with Crippen LogP contribution in [0.2, 0.25) is 0 Å². The van der Waals surface area contributed by atoms with E-state index in [1.165, 1.54) is 18.3 Å². The van der Waals surface area contributed by atoms with Gasteiger partial charge in [-0.05, 0) is 18.2 Å². The van der Waals surface area contributed by atoms with Gasteiger partial charge < -0.3 is 0 Å². The molecule has 0 fully saturated rings. The number of alkyl halides is 3. The average molecular weight is 404 g/mol. The molecule has 30 heavy (non-hydrogen) atoms. The Balaban J connectivity index is 1.75. The number of nitrogens with zero attached hydrogens (tertiary/aromatic N) is 4. The van der Waals surface area contributed by atoms with Crippen LogP contribution in [0.5, 0.6) is 0 Å². The predicted molar refractivity (Wildman–Crippen MR) is 109 cm³/mol. The molecule has 0 unspecified atom stereocenters. The van der Waals surface area contributed by atoms with Gasteiger partial charge in [0, 0.05) is 11.1 Å². The summed E-state index contributed by atoms with van der Waals surface area (Å²) in [7, 11) is 0. The van der Waals surface area contributed by atoms with Crippen molar-refractivity contribution in [3.05, 3.63) is 96.7 Å². The van der Waals surface area contributed by atoms with Crippen molar-refractivity contribution in [2.24, 2.45) is 10.2 Å². The van der Waals surface area contributed by atoms with Gasteiger partial charge in [0.15, 0.2) is 5.82 Å². The molecule has 1 aromatic heterocycles. The van der Waals surface area contributed by atoms with Crippen molar-refractivity contribution in [2.45, 2.75) is 6.18 Å². The fourth-order valence-corrected chi connectivity index (χ4v) is 2.84. The first kappa shape index (κ1) is 19.4. The topological polar surface area (TPSA) is 50.5 Å². The normalized spacial score (nSPS) is 11.7. The van der Waals surface area contributed by atoms with Gasteiger partial charge in [0.05, 0.1) is 17.4 Å². The molecule has 0 aliphatic heterocycles. The van der Waals surface area contributed by atoms with E-state index in [1.54, 1.807) is 0 Å². The van der Waals surface area contributed by atoms with E-state index >= 15 is 0 Å². The van der Waals surface area contributed by atoms with E-state index in [1.807, 2.05) is 60.7 Å². The van der Waals surface area contributed by atoms with Gasteiger partial charge in [0.1, 0.15) is 11.4 Å². The third-order valence-electron chi connectivity index (χ3n) is 4.30. The second-order valence-electron chi connectivity index (χ2n) is 6.41. The summed E-state index contributed by atoms with van der Waals surface area (Å²) >= 11 is 0. The molecule has 3 aromatic carbocycles. The fraction of sp³-hybridized carbons (Fsp3) is 0.0435. The summed E-state index contributed by atoms with van der Waals surface area (Å²) in [6.45, 7) is 0. The van der Waals surface area contributed by atoms with Crippen LogP contribution in [0.1, 0.15) is 5.56 Å². The van der Waals surface area contributed by atoms with Crippen molar-refractivity contribution in [3.63, 3.8) is 0 Å². The summed E-state index contributed by atoms with van der Waals surface area (Å²) in [5.41, 5.74) is 1.86. The zero-order valence-electron chi connectivity index (χ0n) is 15.6. The number of halogens is 3. The van der Waals surface area contributed by atoms with Crippen LogP contribution in [-0.2, 0) is 6.18 Å². The van der Waals surface area contributed by atoms with E-state index < -0.39 is 11.7 Å². The van der Waals surface area contributed by atoms with Gasteiger partial charge >= 0.3 is 6.18 Å². The van der Waals surface area contributed by atoms with Crippen molar-refractivity contribution >= 4 is 11.4 Å². The molecule has 4 nitrogen and oxygen atoms in total. The van der Waals surface area contributed by atoms with E-state index in [0.717, 1.165) is 23.3 Å². The minimum Gasteiger partial charge on any atom is -0.234 e. The van der Waals surface area contributed by atoms with Gasteiger partial charge in [0.2, 0.25) is 0 Å². The Bertz CT molecular complexity index is 1170. The Morgan fingerprint density at radius 3 is 2.03 bits per heavy atom. The molecule has 0 spiro atoms. The molecule has 0 amide bonds. The lowest BCUT2D eigenvalue weighted by atomic mass is 10.1. The van der Waals surface area contributed by atoms with Gasteiger partial charge in [-0.25, -0.2) is 9.97 Å². The van der Waals surface area contributed by atoms with E-state index in [2.05, 4.69) is 20.2 Å². The Kier molecular flexibility index (Phi) is 5.34. The van der Waals surface area contributed by atoms with Crippen LogP contribution in [0.25, 0.3) is 22.6 Å². The summed E-state index contributed by atoms with van der Waals surface area (Å²) in [6.07, 6.45) is -2.92. The second kappa shape index (κ2) is 8.24. The predicted octanol–water partition coefficient (Wildman–Crippen LogP) is 7.24. The fourth-order valence-electron chi connectivity index (χ4n) is 2.84. The van der Waals surface area contributed by atoms with Crippen LogP contribution in [0, 0.1) is 0 Å². The maximum Gasteiger partial charge on any atom is 0.416 e. The molecular formula is C23H15F3N4. The highest BCUT2D eigenvalue weighted by atomic mass is 19.4. The molecule has 4 rings (SSSR count). The lowest BCUT2D eigenvalue weighted by molar-refractivity contribution is -0.137. The van der Waals surface area contributed by atoms with Crippen LogP contribution in [0.15, 0.2) is 101 Å². The van der Waals surface area contributed by atoms with Crippen molar-refractivity contribution in [1.29, 1.82) is 0 Å². The van der Waals surface area contributed by atoms with E-state index in [0.29, 0.717) is 17.2 Å². The summed E-state index contributed by atoms with van der Waals surface area (Å²) in [4.78, 5) is 9.00. The Hall–Kier alpha value is -3.87. The summed E-state index contributed by atoms with van der Waals surface area (Å²) < 4.78 is 38.8. The third-order valence-corrected chi connectivity index (χ3v) is 4.30. The van der Waals surface area contributed by atoms with Crippen LogP contribution in [0.3, 0.4) is 0 Å². The zero-order chi connectivity index (χ0) is 21.0. The highest BCUT2D eigenvalue weighted by Gasteiger charge is 2.30. The van der Waals surface area contributed by atoms with Gasteiger partial charge in [-0.1, -0.05) is 66.7 Å². The average Bonchev–Trinajstić information content (AvgIpc) is 2.78. The van der Waals surface area contributed by atoms with Gasteiger partial charge in [-0.3, -0.25) is 0 Å². The zero-order valence-corrected chi connectivity index (χ0v) is 15.6. The number of aromatic nitrogens is 2. The van der Waals surface area contributed by atoms with E-state index in [-0.39, 0.29) is 5.69 Å². The van der Waals surface area contributed by atoms with Gasteiger partial charge in [0.25, 0.3) is 0 Å². The van der Waals surface area contributed by atoms with Crippen LogP contribution < -0.4 is 0 Å². The molecule has 0 aliphatic carbocycles. The number of rotatable bonds is 4. The Labute approximate surface area is 170 Å². The van der Waals surface area contributed by atoms with Gasteiger partial charge in [-0.15, -0.1) is 5.11 Å². The minimum atomic E-state index is -4.44. The van der Waals surface area contributed by atoms with Crippen molar-refractivity contribution < 1.29 is 13.2 Å². The molecule has 0 radical (unpaired) electrons. The summed E-state index contributed by atoms with van der Waals surface area (Å²) in [5, 5.41) is 8.13. The first-order valence-corrected chi connectivity index (χ1v) is 9.07. The third kappa shape index (κ3) is 4.41. The molecule has 1 heterocycles. The first-order valence-electron chi connectivity index (χ1n) is 9.07. The number of hydrogen-bond acceptors (Lipinski definition) is 4. The Morgan fingerprint density at radius 1 is 0.700 bits per heavy atom. The lowest BCUT2D eigenvalue weighted by Crippen LogP contribution is -2.03. The highest BCUT2D eigenvalue weighted by Crippen LogP contribution is 2.33. The number of azo groups is 1. The molecule has 0 atom stereocenters. The maximum absolute atomic E-state index is 12.9. The number of benzene rings is 3. The molecule has 0 bridgehead atoms. The van der Waals surface area contributed by atoms with Crippen LogP contribution >= 0.6 is 0 Å². The highest BCUT2D eigenvalue weighted by molar-refractivity contribution is 5.73. The quantitative estimate of drug-likeness (QED) is 0.337. The molecule has 0 saturated carbocycles. The largest absolute Gasteiger partial charge is 0.416 e. The van der Waals surface area contributed by atoms with Crippen molar-refractivity contribution in [1.82, 2.24) is 9.97 Å². The summed E-state index contributed by atoms with van der Waals surface area (Å²) in [6, 6.07) is 23.5. The standard InChI is InChI=1S/C23H15F3N4/c24-23(25,26)18-12-7-13-19(14-18)29-30-20-15-27-22(17-10-5-2-6-11-17)28-21(20)16-8-3-1-4-9-16/h1-15H. The molecule has 0 saturated heterocycles. The number of hydrogen-bond donors (Lipinski definition) is 0. The summed E-state index contributed by atoms with van der Waals surface area (Å²) in [5.74, 6) is 0.521.